The van der Waals surface area contributed by atoms with Crippen molar-refractivity contribution in [1.82, 2.24) is 0 Å². The number of isothiocyanates is 1. The number of rotatable bonds is 1. The minimum Gasteiger partial charge on any atom is -0.195 e. The van der Waals surface area contributed by atoms with Crippen molar-refractivity contribution in [3.63, 3.8) is 0 Å². The normalized spacial score (nSPS) is 10.9. The van der Waals surface area contributed by atoms with Gasteiger partial charge in [0.15, 0.2) is 0 Å². The van der Waals surface area contributed by atoms with E-state index >= 15 is 0 Å². The third kappa shape index (κ3) is 2.54. The quantitative estimate of drug-likeness (QED) is 0.529. The lowest BCUT2D eigenvalue weighted by molar-refractivity contribution is -0.137. The molecule has 0 aliphatic heterocycles. The van der Waals surface area contributed by atoms with E-state index in [1.54, 1.807) is 0 Å². The third-order valence-electron chi connectivity index (χ3n) is 1.43. The van der Waals surface area contributed by atoms with Gasteiger partial charge in [-0.15, -0.1) is 0 Å². The van der Waals surface area contributed by atoms with E-state index in [0.29, 0.717) is 0 Å². The molecule has 14 heavy (non-hydrogen) atoms. The van der Waals surface area contributed by atoms with Crippen LogP contribution in [0.15, 0.2) is 23.2 Å². The predicted molar refractivity (Wildman–Crippen MR) is 51.1 cm³/mol. The maximum absolute atomic E-state index is 12.2. The maximum Gasteiger partial charge on any atom is 0.417 e. The van der Waals surface area contributed by atoms with Gasteiger partial charge in [0.05, 0.1) is 21.4 Å². The van der Waals surface area contributed by atoms with Crippen LogP contribution in [0.4, 0.5) is 18.9 Å². The molecule has 1 aromatic carbocycles. The highest BCUT2D eigenvalue weighted by atomic mass is 35.5. The number of thiocarbonyl (C=S) groups is 1. The smallest absolute Gasteiger partial charge is 0.195 e. The summed E-state index contributed by atoms with van der Waals surface area (Å²) in [6.07, 6.45) is -4.45. The Hall–Kier alpha value is -0.900. The molecule has 0 aliphatic rings. The third-order valence-corrected chi connectivity index (χ3v) is 1.84. The summed E-state index contributed by atoms with van der Waals surface area (Å²) >= 11 is 9.71. The molecule has 0 spiro atoms. The standard InChI is InChI=1S/C8H3ClF3NS/c9-7-3-5(13-4-14)1-2-6(7)8(10,11)12/h1-3H. The molecule has 6 heteroatoms. The number of hydrogen-bond acceptors (Lipinski definition) is 2. The van der Waals surface area contributed by atoms with Crippen molar-refractivity contribution in [1.29, 1.82) is 0 Å². The van der Waals surface area contributed by atoms with Gasteiger partial charge in [0.1, 0.15) is 0 Å². The molecule has 0 saturated heterocycles. The van der Waals surface area contributed by atoms with Crippen molar-refractivity contribution in [2.45, 2.75) is 6.18 Å². The van der Waals surface area contributed by atoms with Gasteiger partial charge in [0, 0.05) is 0 Å². The number of hydrogen-bond donors (Lipinski definition) is 0. The maximum atomic E-state index is 12.2. The zero-order valence-electron chi connectivity index (χ0n) is 6.60. The van der Waals surface area contributed by atoms with Crippen LogP contribution in [0.3, 0.4) is 0 Å². The molecular weight excluding hydrogens is 235 g/mol. The van der Waals surface area contributed by atoms with E-state index in [0.717, 1.165) is 12.1 Å². The highest BCUT2D eigenvalue weighted by Gasteiger charge is 2.32. The molecule has 1 nitrogen and oxygen atoms in total. The summed E-state index contributed by atoms with van der Waals surface area (Å²) in [6, 6.07) is 3.12. The van der Waals surface area contributed by atoms with Gasteiger partial charge in [-0.3, -0.25) is 0 Å². The molecule has 1 aromatic rings. The second kappa shape index (κ2) is 4.09. The average Bonchev–Trinajstić information content (AvgIpc) is 2.02. The average molecular weight is 238 g/mol. The molecule has 0 amide bonds. The molecule has 0 unspecified atom stereocenters. The van der Waals surface area contributed by atoms with Crippen LogP contribution in [0.1, 0.15) is 5.56 Å². The summed E-state index contributed by atoms with van der Waals surface area (Å²) in [6.45, 7) is 0. The van der Waals surface area contributed by atoms with Gasteiger partial charge in [-0.1, -0.05) is 11.6 Å². The molecule has 0 heterocycles. The SMILES string of the molecule is FC(F)(F)c1ccc(N=C=S)cc1Cl. The van der Waals surface area contributed by atoms with Crippen molar-refractivity contribution in [3.05, 3.63) is 28.8 Å². The van der Waals surface area contributed by atoms with Gasteiger partial charge in [-0.2, -0.15) is 18.2 Å². The summed E-state index contributed by atoms with van der Waals surface area (Å²) in [5.41, 5.74) is -0.638. The Bertz CT molecular complexity index is 396. The number of benzene rings is 1. The first kappa shape index (κ1) is 11.2. The van der Waals surface area contributed by atoms with Gasteiger partial charge in [0.2, 0.25) is 0 Å². The van der Waals surface area contributed by atoms with E-state index < -0.39 is 16.8 Å². The number of aliphatic imine (C=N–C) groups is 1. The molecule has 0 saturated carbocycles. The Morgan fingerprint density at radius 2 is 2.00 bits per heavy atom. The molecular formula is C8H3ClF3NS. The van der Waals surface area contributed by atoms with Crippen LogP contribution in [0.5, 0.6) is 0 Å². The Morgan fingerprint density at radius 3 is 2.43 bits per heavy atom. The van der Waals surface area contributed by atoms with Crippen LogP contribution in [-0.4, -0.2) is 5.16 Å². The van der Waals surface area contributed by atoms with E-state index in [1.807, 2.05) is 5.16 Å². The largest absolute Gasteiger partial charge is 0.417 e. The van der Waals surface area contributed by atoms with Crippen molar-refractivity contribution in [2.24, 2.45) is 4.99 Å². The molecule has 0 atom stereocenters. The minimum absolute atomic E-state index is 0.248. The van der Waals surface area contributed by atoms with Crippen molar-refractivity contribution < 1.29 is 13.2 Å². The van der Waals surface area contributed by atoms with Gasteiger partial charge in [0.25, 0.3) is 0 Å². The highest BCUT2D eigenvalue weighted by molar-refractivity contribution is 7.78. The van der Waals surface area contributed by atoms with Gasteiger partial charge < -0.3 is 0 Å². The van der Waals surface area contributed by atoms with E-state index in [9.17, 15) is 13.2 Å². The molecule has 0 fully saturated rings. The lowest BCUT2D eigenvalue weighted by Gasteiger charge is -2.08. The van der Waals surface area contributed by atoms with E-state index in [1.165, 1.54) is 6.07 Å². The Balaban J connectivity index is 3.20. The zero-order valence-corrected chi connectivity index (χ0v) is 8.17. The lowest BCUT2D eigenvalue weighted by atomic mass is 10.2. The Labute approximate surface area is 88.2 Å². The van der Waals surface area contributed by atoms with Crippen LogP contribution in [0, 0.1) is 0 Å². The summed E-state index contributed by atoms with van der Waals surface area (Å²) in [5, 5.41) is 1.64. The van der Waals surface area contributed by atoms with E-state index in [4.69, 9.17) is 11.6 Å². The minimum atomic E-state index is -4.45. The summed E-state index contributed by atoms with van der Waals surface area (Å²) in [7, 11) is 0. The molecule has 0 radical (unpaired) electrons. The first-order chi connectivity index (χ1) is 6.45. The van der Waals surface area contributed by atoms with Gasteiger partial charge in [-0.05, 0) is 30.4 Å². The topological polar surface area (TPSA) is 12.4 Å². The Kier molecular flexibility index (Phi) is 3.26. The Morgan fingerprint density at radius 1 is 1.36 bits per heavy atom. The first-order valence-corrected chi connectivity index (χ1v) is 4.18. The summed E-state index contributed by atoms with van der Waals surface area (Å²) in [5.74, 6) is 0. The number of nitrogens with zero attached hydrogens (tertiary/aromatic N) is 1. The van der Waals surface area contributed by atoms with E-state index in [2.05, 4.69) is 17.2 Å². The van der Waals surface area contributed by atoms with Crippen LogP contribution < -0.4 is 0 Å². The fourth-order valence-electron chi connectivity index (χ4n) is 0.856. The van der Waals surface area contributed by atoms with Crippen molar-refractivity contribution in [3.8, 4) is 0 Å². The molecule has 0 aliphatic carbocycles. The monoisotopic (exact) mass is 237 g/mol. The highest BCUT2D eigenvalue weighted by Crippen LogP contribution is 2.36. The molecule has 0 bridgehead atoms. The molecule has 1 rings (SSSR count). The van der Waals surface area contributed by atoms with Gasteiger partial charge >= 0.3 is 6.18 Å². The van der Waals surface area contributed by atoms with Crippen molar-refractivity contribution in [2.75, 3.05) is 0 Å². The predicted octanol–water partition coefficient (Wildman–Crippen LogP) is 4.09. The number of halogens is 4. The summed E-state index contributed by atoms with van der Waals surface area (Å²) < 4.78 is 36.6. The second-order valence-corrected chi connectivity index (χ2v) is 2.95. The fraction of sp³-hybridized carbons (Fsp3) is 0.125. The zero-order chi connectivity index (χ0) is 10.8. The van der Waals surface area contributed by atoms with Crippen LogP contribution >= 0.6 is 23.8 Å². The molecule has 0 N–H and O–H groups in total. The van der Waals surface area contributed by atoms with Gasteiger partial charge in [-0.25, -0.2) is 0 Å². The lowest BCUT2D eigenvalue weighted by Crippen LogP contribution is -2.05. The molecule has 74 valence electrons. The van der Waals surface area contributed by atoms with Crippen LogP contribution in [0.2, 0.25) is 5.02 Å². The summed E-state index contributed by atoms with van der Waals surface area (Å²) in [4.78, 5) is 3.50. The van der Waals surface area contributed by atoms with E-state index in [-0.39, 0.29) is 5.69 Å². The first-order valence-electron chi connectivity index (χ1n) is 3.40. The van der Waals surface area contributed by atoms with Crippen LogP contribution in [0.25, 0.3) is 0 Å². The number of alkyl halides is 3. The van der Waals surface area contributed by atoms with Crippen LogP contribution in [-0.2, 0) is 6.18 Å². The van der Waals surface area contributed by atoms with Crippen molar-refractivity contribution >= 4 is 34.7 Å². The fourth-order valence-corrected chi connectivity index (χ4v) is 1.24. The molecule has 0 aromatic heterocycles. The second-order valence-electron chi connectivity index (χ2n) is 2.36.